The topological polar surface area (TPSA) is 71.2 Å². The summed E-state index contributed by atoms with van der Waals surface area (Å²) in [5, 5.41) is 3.36. The fraction of sp³-hybridized carbons (Fsp3) is 0.286. The Kier molecular flexibility index (Phi) is 3.60. The Morgan fingerprint density at radius 1 is 1.43 bits per heavy atom. The molecular formula is C14H15FN4OS. The minimum Gasteiger partial charge on any atom is -0.375 e. The molecule has 0 saturated carbocycles. The van der Waals surface area contributed by atoms with Crippen molar-refractivity contribution < 1.29 is 9.18 Å². The number of amides is 1. The van der Waals surface area contributed by atoms with E-state index in [2.05, 4.69) is 10.3 Å². The van der Waals surface area contributed by atoms with Gasteiger partial charge in [-0.2, -0.15) is 0 Å². The average molecular weight is 306 g/mol. The van der Waals surface area contributed by atoms with Crippen LogP contribution in [0.1, 0.15) is 17.5 Å². The van der Waals surface area contributed by atoms with Gasteiger partial charge in [0.05, 0.1) is 11.7 Å². The zero-order chi connectivity index (χ0) is 15.0. The van der Waals surface area contributed by atoms with Crippen molar-refractivity contribution in [2.24, 2.45) is 0 Å². The summed E-state index contributed by atoms with van der Waals surface area (Å²) in [5.41, 5.74) is 7.21. The van der Waals surface area contributed by atoms with E-state index in [1.165, 1.54) is 23.5 Å². The predicted octanol–water partition coefficient (Wildman–Crippen LogP) is 2.21. The van der Waals surface area contributed by atoms with E-state index in [0.29, 0.717) is 23.9 Å². The molecule has 0 saturated heterocycles. The van der Waals surface area contributed by atoms with Crippen LogP contribution in [0.25, 0.3) is 0 Å². The molecule has 3 rings (SSSR count). The smallest absolute Gasteiger partial charge is 0.241 e. The SMILES string of the molecule is CC(C(=O)Nc1ccc(F)cc1)N1Cc2nc(N)sc2C1. The summed E-state index contributed by atoms with van der Waals surface area (Å²) in [6, 6.07) is 5.44. The minimum absolute atomic E-state index is 0.121. The van der Waals surface area contributed by atoms with Crippen molar-refractivity contribution in [2.75, 3.05) is 11.1 Å². The lowest BCUT2D eigenvalue weighted by Crippen LogP contribution is -2.38. The Balaban J connectivity index is 1.63. The molecule has 3 N–H and O–H groups in total. The molecule has 1 atom stereocenters. The van der Waals surface area contributed by atoms with Crippen molar-refractivity contribution in [1.82, 2.24) is 9.88 Å². The molecule has 1 aromatic carbocycles. The number of hydrogen-bond acceptors (Lipinski definition) is 5. The van der Waals surface area contributed by atoms with Crippen molar-refractivity contribution in [3.63, 3.8) is 0 Å². The Labute approximate surface area is 125 Å². The van der Waals surface area contributed by atoms with Gasteiger partial charge in [0.1, 0.15) is 5.82 Å². The molecular weight excluding hydrogens is 291 g/mol. The van der Waals surface area contributed by atoms with Crippen LogP contribution in [0, 0.1) is 5.82 Å². The molecule has 0 radical (unpaired) electrons. The molecule has 5 nitrogen and oxygen atoms in total. The van der Waals surface area contributed by atoms with E-state index in [1.807, 2.05) is 11.8 Å². The summed E-state index contributed by atoms with van der Waals surface area (Å²) in [7, 11) is 0. The molecule has 1 aromatic heterocycles. The second-order valence-corrected chi connectivity index (χ2v) is 6.11. The summed E-state index contributed by atoms with van der Waals surface area (Å²) in [6.07, 6.45) is 0. The van der Waals surface area contributed by atoms with Gasteiger partial charge in [0, 0.05) is 23.7 Å². The Bertz CT molecular complexity index is 647. The van der Waals surface area contributed by atoms with Crippen LogP contribution < -0.4 is 11.1 Å². The lowest BCUT2D eigenvalue weighted by Gasteiger charge is -2.22. The third-order valence-corrected chi connectivity index (χ3v) is 4.44. The maximum atomic E-state index is 12.8. The maximum absolute atomic E-state index is 12.8. The molecule has 7 heteroatoms. The van der Waals surface area contributed by atoms with Gasteiger partial charge in [-0.3, -0.25) is 9.69 Å². The van der Waals surface area contributed by atoms with Gasteiger partial charge in [-0.15, -0.1) is 11.3 Å². The Morgan fingerprint density at radius 2 is 2.14 bits per heavy atom. The number of anilines is 2. The summed E-state index contributed by atoms with van der Waals surface area (Å²) >= 11 is 1.47. The van der Waals surface area contributed by atoms with E-state index in [0.717, 1.165) is 10.6 Å². The standard InChI is InChI=1S/C14H15FN4OS/c1-8(13(20)17-10-4-2-9(15)3-5-10)19-6-11-12(7-19)21-14(16)18-11/h2-5,8H,6-7H2,1H3,(H2,16,18)(H,17,20). The summed E-state index contributed by atoms with van der Waals surface area (Å²) in [6.45, 7) is 3.15. The first-order valence-electron chi connectivity index (χ1n) is 6.57. The molecule has 0 fully saturated rings. The summed E-state index contributed by atoms with van der Waals surface area (Å²) < 4.78 is 12.8. The number of nitrogens with one attached hydrogen (secondary N) is 1. The Morgan fingerprint density at radius 3 is 2.81 bits per heavy atom. The van der Waals surface area contributed by atoms with Crippen LogP contribution in [0.15, 0.2) is 24.3 Å². The molecule has 0 aliphatic carbocycles. The first-order chi connectivity index (χ1) is 10.0. The van der Waals surface area contributed by atoms with Crippen LogP contribution in [-0.4, -0.2) is 21.8 Å². The quantitative estimate of drug-likeness (QED) is 0.912. The lowest BCUT2D eigenvalue weighted by atomic mass is 10.2. The number of fused-ring (bicyclic) bond motifs is 1. The van der Waals surface area contributed by atoms with Crippen LogP contribution in [0.2, 0.25) is 0 Å². The summed E-state index contributed by atoms with van der Waals surface area (Å²) in [5.74, 6) is -0.446. The number of nitrogen functional groups attached to an aromatic ring is 1. The predicted molar refractivity (Wildman–Crippen MR) is 80.3 cm³/mol. The van der Waals surface area contributed by atoms with Gasteiger partial charge in [0.2, 0.25) is 5.91 Å². The van der Waals surface area contributed by atoms with Crippen molar-refractivity contribution in [3.8, 4) is 0 Å². The summed E-state index contributed by atoms with van der Waals surface area (Å²) in [4.78, 5) is 19.6. The first-order valence-corrected chi connectivity index (χ1v) is 7.39. The van der Waals surface area contributed by atoms with Crippen LogP contribution >= 0.6 is 11.3 Å². The van der Waals surface area contributed by atoms with Crippen molar-refractivity contribution in [3.05, 3.63) is 40.7 Å². The number of halogens is 1. The second kappa shape index (κ2) is 5.42. The van der Waals surface area contributed by atoms with Crippen LogP contribution in [0.4, 0.5) is 15.2 Å². The molecule has 110 valence electrons. The zero-order valence-corrected chi connectivity index (χ0v) is 12.3. The maximum Gasteiger partial charge on any atom is 0.241 e. The van der Waals surface area contributed by atoms with E-state index in [1.54, 1.807) is 12.1 Å². The minimum atomic E-state index is -0.325. The first kappa shape index (κ1) is 14.0. The van der Waals surface area contributed by atoms with Gasteiger partial charge in [0.15, 0.2) is 5.13 Å². The van der Waals surface area contributed by atoms with Gasteiger partial charge in [-0.1, -0.05) is 0 Å². The van der Waals surface area contributed by atoms with Crippen LogP contribution in [0.5, 0.6) is 0 Å². The van der Waals surface area contributed by atoms with Crippen molar-refractivity contribution in [2.45, 2.75) is 26.1 Å². The third-order valence-electron chi connectivity index (χ3n) is 3.53. The fourth-order valence-electron chi connectivity index (χ4n) is 2.30. The van der Waals surface area contributed by atoms with Gasteiger partial charge in [-0.05, 0) is 31.2 Å². The third kappa shape index (κ3) is 2.88. The molecule has 1 amide bonds. The number of thiazole rings is 1. The molecule has 21 heavy (non-hydrogen) atoms. The number of hydrogen-bond donors (Lipinski definition) is 2. The van der Waals surface area contributed by atoms with Crippen LogP contribution in [-0.2, 0) is 17.9 Å². The largest absolute Gasteiger partial charge is 0.375 e. The van der Waals surface area contributed by atoms with Gasteiger partial charge < -0.3 is 11.1 Å². The molecule has 2 aromatic rings. The molecule has 1 aliphatic rings. The molecule has 0 spiro atoms. The number of carbonyl (C=O) groups excluding carboxylic acids is 1. The van der Waals surface area contributed by atoms with E-state index in [9.17, 15) is 9.18 Å². The Hall–Kier alpha value is -1.99. The molecule has 0 bridgehead atoms. The number of carbonyl (C=O) groups is 1. The number of benzene rings is 1. The van der Waals surface area contributed by atoms with Crippen molar-refractivity contribution in [1.29, 1.82) is 0 Å². The average Bonchev–Trinajstić information content (AvgIpc) is 2.97. The van der Waals surface area contributed by atoms with Crippen LogP contribution in [0.3, 0.4) is 0 Å². The monoisotopic (exact) mass is 306 g/mol. The normalized spacial score (nSPS) is 15.7. The van der Waals surface area contributed by atoms with Gasteiger partial charge >= 0.3 is 0 Å². The molecule has 1 unspecified atom stereocenters. The van der Waals surface area contributed by atoms with Gasteiger partial charge in [-0.25, -0.2) is 9.37 Å². The number of aromatic nitrogens is 1. The zero-order valence-electron chi connectivity index (χ0n) is 11.5. The highest BCUT2D eigenvalue weighted by Crippen LogP contribution is 2.30. The highest BCUT2D eigenvalue weighted by molar-refractivity contribution is 7.15. The van der Waals surface area contributed by atoms with E-state index in [-0.39, 0.29) is 17.8 Å². The van der Waals surface area contributed by atoms with E-state index in [4.69, 9.17) is 5.73 Å². The number of nitrogens with zero attached hydrogens (tertiary/aromatic N) is 2. The molecule has 2 heterocycles. The number of nitrogens with two attached hydrogens (primary N) is 1. The fourth-order valence-corrected chi connectivity index (χ4v) is 3.17. The number of rotatable bonds is 3. The highest BCUT2D eigenvalue weighted by atomic mass is 32.1. The lowest BCUT2D eigenvalue weighted by molar-refractivity contribution is -0.120. The van der Waals surface area contributed by atoms with E-state index < -0.39 is 0 Å². The van der Waals surface area contributed by atoms with Gasteiger partial charge in [0.25, 0.3) is 0 Å². The second-order valence-electron chi connectivity index (χ2n) is 5.00. The molecule has 1 aliphatic heterocycles. The van der Waals surface area contributed by atoms with Crippen molar-refractivity contribution >= 4 is 28.1 Å². The van der Waals surface area contributed by atoms with E-state index >= 15 is 0 Å². The highest BCUT2D eigenvalue weighted by Gasteiger charge is 2.30.